The predicted octanol–water partition coefficient (Wildman–Crippen LogP) is 3.67. The summed E-state index contributed by atoms with van der Waals surface area (Å²) in [5.41, 5.74) is 1.11. The third-order valence-electron chi connectivity index (χ3n) is 2.56. The lowest BCUT2D eigenvalue weighted by Gasteiger charge is -2.11. The van der Waals surface area contributed by atoms with E-state index in [4.69, 9.17) is 11.6 Å². The lowest BCUT2D eigenvalue weighted by atomic mass is 10.2. The zero-order valence-corrected chi connectivity index (χ0v) is 12.4. The molecule has 2 aromatic heterocycles. The van der Waals surface area contributed by atoms with Crippen LogP contribution >= 0.6 is 23.4 Å². The molecule has 0 aliphatic carbocycles. The number of nitrogens with zero attached hydrogens (tertiary/aromatic N) is 3. The molecule has 0 aromatic carbocycles. The van der Waals surface area contributed by atoms with Gasteiger partial charge >= 0.3 is 0 Å². The number of pyridine rings is 1. The molecule has 0 unspecified atom stereocenters. The summed E-state index contributed by atoms with van der Waals surface area (Å²) in [6.45, 7) is 2.13. The highest BCUT2D eigenvalue weighted by atomic mass is 35.5. The largest absolute Gasteiger partial charge is 0.373 e. The Morgan fingerprint density at radius 2 is 2.11 bits per heavy atom. The van der Waals surface area contributed by atoms with E-state index >= 15 is 0 Å². The highest BCUT2D eigenvalue weighted by Gasteiger charge is 2.13. The summed E-state index contributed by atoms with van der Waals surface area (Å²) >= 11 is 7.61. The summed E-state index contributed by atoms with van der Waals surface area (Å²) in [6, 6.07) is 3.65. The van der Waals surface area contributed by atoms with Crippen LogP contribution in [0, 0.1) is 0 Å². The van der Waals surface area contributed by atoms with E-state index in [9.17, 15) is 0 Å². The van der Waals surface area contributed by atoms with E-state index < -0.39 is 0 Å². The number of hydrogen-bond acceptors (Lipinski definition) is 5. The quantitative estimate of drug-likeness (QED) is 0.853. The van der Waals surface area contributed by atoms with Gasteiger partial charge < -0.3 is 5.32 Å². The second-order valence-electron chi connectivity index (χ2n) is 3.90. The van der Waals surface area contributed by atoms with Gasteiger partial charge in [0, 0.05) is 18.8 Å². The number of hydrogen-bond donors (Lipinski definition) is 1. The molecule has 100 valence electrons. The van der Waals surface area contributed by atoms with E-state index in [1.807, 2.05) is 19.2 Å². The van der Waals surface area contributed by atoms with Crippen molar-refractivity contribution < 1.29 is 0 Å². The molecule has 0 amide bonds. The molecular formula is C13H15ClN4S. The van der Waals surface area contributed by atoms with Gasteiger partial charge in [-0.25, -0.2) is 15.0 Å². The Bertz CT molecular complexity index is 562. The van der Waals surface area contributed by atoms with Crippen molar-refractivity contribution in [3.05, 3.63) is 35.2 Å². The van der Waals surface area contributed by atoms with Crippen LogP contribution in [0.25, 0.3) is 0 Å². The van der Waals surface area contributed by atoms with Crippen LogP contribution in [-0.2, 0) is 6.42 Å². The Morgan fingerprint density at radius 3 is 2.79 bits per heavy atom. The molecule has 0 aliphatic rings. The number of aromatic nitrogens is 3. The van der Waals surface area contributed by atoms with Gasteiger partial charge in [-0.15, -0.1) is 0 Å². The van der Waals surface area contributed by atoms with Crippen molar-refractivity contribution in [2.24, 2.45) is 0 Å². The summed E-state index contributed by atoms with van der Waals surface area (Å²) in [6.07, 6.45) is 5.24. The maximum atomic E-state index is 6.13. The molecule has 1 N–H and O–H groups in total. The van der Waals surface area contributed by atoms with Gasteiger partial charge in [0.1, 0.15) is 22.2 Å². The van der Waals surface area contributed by atoms with Crippen LogP contribution in [0.1, 0.15) is 18.9 Å². The van der Waals surface area contributed by atoms with E-state index in [0.717, 1.165) is 34.3 Å². The molecule has 2 aromatic rings. The number of halogens is 1. The molecule has 2 rings (SSSR count). The molecular weight excluding hydrogens is 280 g/mol. The van der Waals surface area contributed by atoms with Crippen molar-refractivity contribution in [1.82, 2.24) is 15.0 Å². The number of rotatable bonds is 5. The molecule has 0 saturated heterocycles. The van der Waals surface area contributed by atoms with Crippen molar-refractivity contribution in [3.8, 4) is 0 Å². The van der Waals surface area contributed by atoms with Crippen LogP contribution in [0.3, 0.4) is 0 Å². The van der Waals surface area contributed by atoms with Gasteiger partial charge in [0.05, 0.1) is 5.02 Å². The second kappa shape index (κ2) is 6.73. The number of nitrogens with one attached hydrogen (secondary N) is 1. The second-order valence-corrected chi connectivity index (χ2v) is 5.28. The Morgan fingerprint density at radius 1 is 1.26 bits per heavy atom. The van der Waals surface area contributed by atoms with Crippen molar-refractivity contribution in [3.63, 3.8) is 0 Å². The van der Waals surface area contributed by atoms with Crippen LogP contribution in [0.5, 0.6) is 0 Å². The molecule has 0 bridgehead atoms. The molecule has 19 heavy (non-hydrogen) atoms. The highest BCUT2D eigenvalue weighted by molar-refractivity contribution is 7.99. The molecule has 0 fully saturated rings. The zero-order valence-electron chi connectivity index (χ0n) is 10.9. The zero-order chi connectivity index (χ0) is 13.7. The minimum absolute atomic E-state index is 0.638. The van der Waals surface area contributed by atoms with Crippen LogP contribution < -0.4 is 5.32 Å². The minimum atomic E-state index is 0.638. The molecule has 0 radical (unpaired) electrons. The molecule has 0 spiro atoms. The first-order chi connectivity index (χ1) is 9.26. The topological polar surface area (TPSA) is 50.7 Å². The first-order valence-corrected chi connectivity index (χ1v) is 7.25. The minimum Gasteiger partial charge on any atom is -0.373 e. The van der Waals surface area contributed by atoms with Gasteiger partial charge in [-0.2, -0.15) is 0 Å². The van der Waals surface area contributed by atoms with Gasteiger partial charge in [0.2, 0.25) is 0 Å². The average Bonchev–Trinajstić information content (AvgIpc) is 2.43. The molecule has 0 atom stereocenters. The van der Waals surface area contributed by atoms with Crippen LogP contribution in [-0.4, -0.2) is 22.0 Å². The summed E-state index contributed by atoms with van der Waals surface area (Å²) < 4.78 is 0. The molecule has 2 heterocycles. The fourth-order valence-electron chi connectivity index (χ4n) is 1.71. The third-order valence-corrected chi connectivity index (χ3v) is 4.04. The van der Waals surface area contributed by atoms with E-state index in [-0.39, 0.29) is 0 Å². The van der Waals surface area contributed by atoms with Crippen LogP contribution in [0.2, 0.25) is 5.02 Å². The fraction of sp³-hybridized carbons (Fsp3) is 0.308. The molecule has 0 saturated carbocycles. The van der Waals surface area contributed by atoms with Gasteiger partial charge in [-0.1, -0.05) is 24.9 Å². The van der Waals surface area contributed by atoms with Gasteiger partial charge in [0.25, 0.3) is 0 Å². The summed E-state index contributed by atoms with van der Waals surface area (Å²) in [5.74, 6) is 0.867. The summed E-state index contributed by atoms with van der Waals surface area (Å²) in [7, 11) is 1.86. The molecule has 0 aliphatic heterocycles. The Kier molecular flexibility index (Phi) is 4.99. The van der Waals surface area contributed by atoms with E-state index in [2.05, 4.69) is 27.2 Å². The monoisotopic (exact) mass is 294 g/mol. The first kappa shape index (κ1) is 14.1. The molecule has 4 nitrogen and oxygen atoms in total. The van der Waals surface area contributed by atoms with Crippen molar-refractivity contribution in [2.75, 3.05) is 12.4 Å². The van der Waals surface area contributed by atoms with Crippen molar-refractivity contribution in [2.45, 2.75) is 29.8 Å². The Labute approximate surface area is 122 Å². The van der Waals surface area contributed by atoms with Crippen LogP contribution in [0.15, 0.2) is 34.7 Å². The average molecular weight is 295 g/mol. The Hall–Kier alpha value is -1.33. The summed E-state index contributed by atoms with van der Waals surface area (Å²) in [4.78, 5) is 12.9. The lowest BCUT2D eigenvalue weighted by Crippen LogP contribution is -2.02. The normalized spacial score (nSPS) is 10.5. The lowest BCUT2D eigenvalue weighted by molar-refractivity contribution is 0.857. The van der Waals surface area contributed by atoms with E-state index in [1.54, 1.807) is 12.5 Å². The van der Waals surface area contributed by atoms with E-state index in [1.165, 1.54) is 11.8 Å². The van der Waals surface area contributed by atoms with E-state index in [0.29, 0.717) is 5.02 Å². The standard InChI is InChI=1S/C13H15ClN4S/c1-3-5-9-11(15-2)17-8-18-12(9)19-13-10(14)6-4-7-16-13/h4,6-8H,3,5H2,1-2H3,(H,15,17,18). The Balaban J connectivity index is 2.37. The SMILES string of the molecule is CCCc1c(NC)ncnc1Sc1ncccc1Cl. The number of anilines is 1. The summed E-state index contributed by atoms with van der Waals surface area (Å²) in [5, 5.41) is 5.41. The first-order valence-electron chi connectivity index (χ1n) is 6.06. The molecule has 6 heteroatoms. The smallest absolute Gasteiger partial charge is 0.133 e. The van der Waals surface area contributed by atoms with Crippen molar-refractivity contribution in [1.29, 1.82) is 0 Å². The van der Waals surface area contributed by atoms with Crippen molar-refractivity contribution >= 4 is 29.2 Å². The highest BCUT2D eigenvalue weighted by Crippen LogP contribution is 2.34. The fourth-order valence-corrected chi connectivity index (χ4v) is 2.83. The van der Waals surface area contributed by atoms with Crippen LogP contribution in [0.4, 0.5) is 5.82 Å². The van der Waals surface area contributed by atoms with Gasteiger partial charge in [-0.05, 0) is 30.3 Å². The van der Waals surface area contributed by atoms with Gasteiger partial charge in [0.15, 0.2) is 0 Å². The maximum Gasteiger partial charge on any atom is 0.133 e. The maximum absolute atomic E-state index is 6.13. The third kappa shape index (κ3) is 3.36. The van der Waals surface area contributed by atoms with Gasteiger partial charge in [-0.3, -0.25) is 0 Å². The predicted molar refractivity (Wildman–Crippen MR) is 78.9 cm³/mol.